The number of anilines is 1. The zero-order chi connectivity index (χ0) is 27.0. The van der Waals surface area contributed by atoms with E-state index in [1.54, 1.807) is 6.20 Å². The van der Waals surface area contributed by atoms with Crippen LogP contribution in [0.4, 0.5) is 5.13 Å². The number of Topliss-reactive ketones (excluding diaryl/α,β-unsaturated/α-hetero) is 1. The average Bonchev–Trinajstić information content (AvgIpc) is 3.40. The Morgan fingerprint density at radius 3 is 2.79 bits per heavy atom. The van der Waals surface area contributed by atoms with Gasteiger partial charge < -0.3 is 15.4 Å². The number of amides is 2. The third-order valence-electron chi connectivity index (χ3n) is 8.87. The first-order valence-electron chi connectivity index (χ1n) is 13.5. The van der Waals surface area contributed by atoms with E-state index in [4.69, 9.17) is 4.74 Å². The third-order valence-corrected chi connectivity index (χ3v) is 9.69. The lowest BCUT2D eigenvalue weighted by Gasteiger charge is -2.50. The molecule has 2 amide bonds. The summed E-state index contributed by atoms with van der Waals surface area (Å²) >= 11 is 1.47. The number of rotatable bonds is 7. The molecule has 38 heavy (non-hydrogen) atoms. The maximum atomic E-state index is 13.3. The molecule has 0 bridgehead atoms. The van der Waals surface area contributed by atoms with Gasteiger partial charge >= 0.3 is 5.97 Å². The number of hydrogen-bond donors (Lipinski definition) is 2. The summed E-state index contributed by atoms with van der Waals surface area (Å²) in [5.74, 6) is 1.28. The van der Waals surface area contributed by atoms with Crippen molar-refractivity contribution in [2.24, 2.45) is 23.2 Å². The number of hydrogen-bond acceptors (Lipinski definition) is 7. The summed E-state index contributed by atoms with van der Waals surface area (Å²) < 4.78 is 5.44. The second-order valence-corrected chi connectivity index (χ2v) is 12.5. The van der Waals surface area contributed by atoms with Gasteiger partial charge in [-0.25, -0.2) is 9.78 Å². The molecule has 3 aliphatic carbocycles. The molecule has 3 unspecified atom stereocenters. The van der Waals surface area contributed by atoms with E-state index in [0.29, 0.717) is 47.8 Å². The summed E-state index contributed by atoms with van der Waals surface area (Å²) in [6.45, 7) is 5.32. The largest absolute Gasteiger partial charge is 0.425 e. The molecular formula is C29H35N3O5S. The summed E-state index contributed by atoms with van der Waals surface area (Å²) in [5.41, 5.74) is 2.17. The van der Waals surface area contributed by atoms with Crippen LogP contribution in [0.15, 0.2) is 24.4 Å². The van der Waals surface area contributed by atoms with Gasteiger partial charge in [-0.2, -0.15) is 0 Å². The van der Waals surface area contributed by atoms with Crippen LogP contribution >= 0.6 is 11.3 Å². The second-order valence-electron chi connectivity index (χ2n) is 11.3. The van der Waals surface area contributed by atoms with E-state index in [1.165, 1.54) is 29.4 Å². The Hall–Kier alpha value is -3.07. The van der Waals surface area contributed by atoms with E-state index in [-0.39, 0.29) is 35.6 Å². The summed E-state index contributed by atoms with van der Waals surface area (Å²) in [6.07, 6.45) is 7.10. The summed E-state index contributed by atoms with van der Waals surface area (Å²) in [4.78, 5) is 54.3. The topological polar surface area (TPSA) is 114 Å². The Kier molecular flexibility index (Phi) is 7.40. The summed E-state index contributed by atoms with van der Waals surface area (Å²) in [6, 6.07) is 5.86. The Morgan fingerprint density at radius 1 is 1.24 bits per heavy atom. The zero-order valence-electron chi connectivity index (χ0n) is 22.2. The Balaban J connectivity index is 1.28. The molecular weight excluding hydrogens is 502 g/mol. The lowest BCUT2D eigenvalue weighted by Crippen LogP contribution is -2.44. The van der Waals surface area contributed by atoms with Crippen LogP contribution < -0.4 is 15.4 Å². The van der Waals surface area contributed by atoms with Gasteiger partial charge in [-0.1, -0.05) is 13.0 Å². The maximum Gasteiger partial charge on any atom is 0.330 e. The predicted octanol–water partition coefficient (Wildman–Crippen LogP) is 4.56. The van der Waals surface area contributed by atoms with E-state index < -0.39 is 5.97 Å². The molecule has 5 rings (SSSR count). The van der Waals surface area contributed by atoms with Crippen LogP contribution in [-0.2, 0) is 25.6 Å². The molecule has 0 saturated heterocycles. The van der Waals surface area contributed by atoms with Crippen LogP contribution in [0.5, 0.6) is 5.75 Å². The van der Waals surface area contributed by atoms with Crippen molar-refractivity contribution < 1.29 is 23.9 Å². The van der Waals surface area contributed by atoms with Crippen molar-refractivity contribution in [1.29, 1.82) is 0 Å². The highest BCUT2D eigenvalue weighted by Gasteiger charge is 2.58. The average molecular weight is 538 g/mol. The lowest BCUT2D eigenvalue weighted by atomic mass is 9.54. The number of carbonyl (C=O) groups is 4. The molecule has 202 valence electrons. The molecule has 2 fully saturated rings. The first-order chi connectivity index (χ1) is 18.1. The van der Waals surface area contributed by atoms with E-state index in [1.807, 2.05) is 19.1 Å². The van der Waals surface area contributed by atoms with Crippen LogP contribution in [-0.4, -0.2) is 35.1 Å². The molecule has 5 atom stereocenters. The molecule has 0 radical (unpaired) electrons. The molecule has 1 aromatic heterocycles. The molecule has 0 aliphatic heterocycles. The fourth-order valence-corrected chi connectivity index (χ4v) is 7.90. The van der Waals surface area contributed by atoms with Crippen LogP contribution in [0.3, 0.4) is 0 Å². The van der Waals surface area contributed by atoms with Gasteiger partial charge in [0, 0.05) is 36.3 Å². The first kappa shape index (κ1) is 26.5. The number of benzene rings is 1. The number of esters is 1. The van der Waals surface area contributed by atoms with Crippen molar-refractivity contribution in [2.45, 2.75) is 71.6 Å². The Labute approximate surface area is 226 Å². The molecule has 9 heteroatoms. The number of ether oxygens (including phenoxy) is 1. The smallest absolute Gasteiger partial charge is 0.330 e. The second kappa shape index (κ2) is 10.6. The fraction of sp³-hybridized carbons (Fsp3) is 0.552. The molecule has 0 spiro atoms. The minimum absolute atomic E-state index is 0.0395. The molecule has 1 aromatic carbocycles. The minimum Gasteiger partial charge on any atom is -0.425 e. The standard InChI is InChI=1S/C29H35N3O5S/c1-16-14-31-28(38-16)32-25(35)9-5-19-13-24(34)29(3)11-10-22-21-8-6-20(37-26(36)15-30-17(2)33)12-18(21)4-7-23(22)27(19)29/h6,8,12,14,19,22-23,27H,4-5,7,9-11,13,15H2,1-3H3,(H,30,33)(H,31,32,35)/t19-,22?,23?,27?,29-/m1/s1. The highest BCUT2D eigenvalue weighted by Crippen LogP contribution is 2.62. The highest BCUT2D eigenvalue weighted by atomic mass is 32.1. The van der Waals surface area contributed by atoms with Crippen LogP contribution in [0.1, 0.15) is 74.3 Å². The normalized spacial score (nSPS) is 27.6. The number of thiazole rings is 1. The van der Waals surface area contributed by atoms with Gasteiger partial charge in [-0.05, 0) is 86.0 Å². The van der Waals surface area contributed by atoms with E-state index >= 15 is 0 Å². The van der Waals surface area contributed by atoms with Gasteiger partial charge in [-0.3, -0.25) is 14.4 Å². The van der Waals surface area contributed by atoms with Crippen LogP contribution in [0.25, 0.3) is 0 Å². The Bertz CT molecular complexity index is 1270. The first-order valence-corrected chi connectivity index (χ1v) is 14.3. The number of aryl methyl sites for hydroxylation is 2. The molecule has 3 aliphatic rings. The van der Waals surface area contributed by atoms with Crippen molar-refractivity contribution >= 4 is 40.0 Å². The number of aromatic nitrogens is 1. The monoisotopic (exact) mass is 537 g/mol. The van der Waals surface area contributed by atoms with E-state index in [0.717, 1.165) is 30.6 Å². The van der Waals surface area contributed by atoms with Crippen molar-refractivity contribution in [1.82, 2.24) is 10.3 Å². The van der Waals surface area contributed by atoms with Gasteiger partial charge in [0.15, 0.2) is 5.13 Å². The summed E-state index contributed by atoms with van der Waals surface area (Å²) in [5, 5.41) is 5.99. The highest BCUT2D eigenvalue weighted by molar-refractivity contribution is 7.15. The van der Waals surface area contributed by atoms with E-state index in [9.17, 15) is 19.2 Å². The quantitative estimate of drug-likeness (QED) is 0.395. The van der Waals surface area contributed by atoms with Crippen molar-refractivity contribution in [3.05, 3.63) is 40.4 Å². The molecule has 8 nitrogen and oxygen atoms in total. The third kappa shape index (κ3) is 5.25. The minimum atomic E-state index is -0.497. The van der Waals surface area contributed by atoms with Gasteiger partial charge in [0.1, 0.15) is 18.1 Å². The van der Waals surface area contributed by atoms with Crippen molar-refractivity contribution in [2.75, 3.05) is 11.9 Å². The van der Waals surface area contributed by atoms with Crippen molar-refractivity contribution in [3.63, 3.8) is 0 Å². The molecule has 2 aromatic rings. The van der Waals surface area contributed by atoms with Crippen molar-refractivity contribution in [3.8, 4) is 5.75 Å². The molecule has 1 heterocycles. The Morgan fingerprint density at radius 2 is 2.05 bits per heavy atom. The number of nitrogens with zero attached hydrogens (tertiary/aromatic N) is 1. The predicted molar refractivity (Wildman–Crippen MR) is 144 cm³/mol. The SMILES string of the molecule is CC(=O)NCC(=O)Oc1ccc2c(c1)CCC1C2CC[C@]2(C)C(=O)C[C@@H](CCC(=O)Nc3ncc(C)s3)C12. The van der Waals surface area contributed by atoms with Crippen LogP contribution in [0, 0.1) is 30.1 Å². The van der Waals surface area contributed by atoms with Gasteiger partial charge in [0.25, 0.3) is 0 Å². The van der Waals surface area contributed by atoms with Crippen LogP contribution in [0.2, 0.25) is 0 Å². The van der Waals surface area contributed by atoms with E-state index in [2.05, 4.69) is 28.6 Å². The molecule has 2 N–H and O–H groups in total. The number of carbonyl (C=O) groups excluding carboxylic acids is 4. The molecule has 2 saturated carbocycles. The zero-order valence-corrected chi connectivity index (χ0v) is 23.0. The lowest BCUT2D eigenvalue weighted by molar-refractivity contribution is -0.135. The maximum absolute atomic E-state index is 13.3. The van der Waals surface area contributed by atoms with Gasteiger partial charge in [-0.15, -0.1) is 11.3 Å². The number of nitrogens with one attached hydrogen (secondary N) is 2. The van der Waals surface area contributed by atoms with Gasteiger partial charge in [0.2, 0.25) is 11.8 Å². The number of ketones is 1. The van der Waals surface area contributed by atoms with Gasteiger partial charge in [0.05, 0.1) is 0 Å². The number of fused-ring (bicyclic) bond motifs is 5. The summed E-state index contributed by atoms with van der Waals surface area (Å²) in [7, 11) is 0. The fourth-order valence-electron chi connectivity index (χ4n) is 7.22.